The quantitative estimate of drug-likeness (QED) is 0.862. The van der Waals surface area contributed by atoms with Crippen LogP contribution in [-0.2, 0) is 6.42 Å². The van der Waals surface area contributed by atoms with Gasteiger partial charge in [0.1, 0.15) is 0 Å². The molecule has 2 heterocycles. The summed E-state index contributed by atoms with van der Waals surface area (Å²) in [7, 11) is 0. The van der Waals surface area contributed by atoms with Crippen molar-refractivity contribution >= 4 is 11.3 Å². The highest BCUT2D eigenvalue weighted by atomic mass is 32.1. The summed E-state index contributed by atoms with van der Waals surface area (Å²) in [6.45, 7) is 3.09. The molecule has 0 fully saturated rings. The Balaban J connectivity index is 2.09. The number of likely N-dealkylation sites (N-methyl/N-ethyl adjacent to an activating group) is 1. The van der Waals surface area contributed by atoms with E-state index >= 15 is 0 Å². The van der Waals surface area contributed by atoms with Crippen molar-refractivity contribution in [1.82, 2.24) is 15.3 Å². The van der Waals surface area contributed by atoms with Crippen LogP contribution in [0, 0.1) is 0 Å². The molecule has 4 heteroatoms. The number of thiazole rings is 1. The van der Waals surface area contributed by atoms with E-state index in [4.69, 9.17) is 0 Å². The van der Waals surface area contributed by atoms with Crippen LogP contribution in [0.3, 0.4) is 0 Å². The SMILES string of the molecule is CCNC(Cc1ccncc1)c1cncs1. The van der Waals surface area contributed by atoms with Crippen LogP contribution in [0.2, 0.25) is 0 Å². The average molecular weight is 233 g/mol. The van der Waals surface area contributed by atoms with Gasteiger partial charge in [0.15, 0.2) is 0 Å². The zero-order valence-electron chi connectivity index (χ0n) is 9.26. The third-order valence-electron chi connectivity index (χ3n) is 2.43. The van der Waals surface area contributed by atoms with Crippen LogP contribution in [-0.4, -0.2) is 16.5 Å². The fourth-order valence-electron chi connectivity index (χ4n) is 1.67. The highest BCUT2D eigenvalue weighted by Gasteiger charge is 2.12. The third kappa shape index (κ3) is 2.87. The maximum absolute atomic E-state index is 4.13. The van der Waals surface area contributed by atoms with E-state index in [-0.39, 0.29) is 0 Å². The van der Waals surface area contributed by atoms with Gasteiger partial charge in [0.25, 0.3) is 0 Å². The molecule has 0 saturated carbocycles. The van der Waals surface area contributed by atoms with Gasteiger partial charge in [-0.25, -0.2) is 0 Å². The van der Waals surface area contributed by atoms with Gasteiger partial charge in [-0.2, -0.15) is 0 Å². The molecular weight excluding hydrogens is 218 g/mol. The topological polar surface area (TPSA) is 37.8 Å². The van der Waals surface area contributed by atoms with E-state index in [0.717, 1.165) is 13.0 Å². The molecule has 2 rings (SSSR count). The van der Waals surface area contributed by atoms with Crippen LogP contribution in [0.5, 0.6) is 0 Å². The van der Waals surface area contributed by atoms with Crippen molar-refractivity contribution in [2.45, 2.75) is 19.4 Å². The number of pyridine rings is 1. The Labute approximate surface area is 99.6 Å². The Morgan fingerprint density at radius 2 is 2.12 bits per heavy atom. The van der Waals surface area contributed by atoms with Crippen molar-refractivity contribution in [3.05, 3.63) is 46.7 Å². The molecule has 0 radical (unpaired) electrons. The van der Waals surface area contributed by atoms with Crippen LogP contribution >= 0.6 is 11.3 Å². The van der Waals surface area contributed by atoms with Gasteiger partial charge in [-0.3, -0.25) is 9.97 Å². The summed E-state index contributed by atoms with van der Waals surface area (Å²) in [6, 6.07) is 4.48. The molecular formula is C12H15N3S. The van der Waals surface area contributed by atoms with Crippen LogP contribution in [0.4, 0.5) is 0 Å². The molecule has 0 saturated heterocycles. The molecule has 0 aromatic carbocycles. The Hall–Kier alpha value is -1.26. The van der Waals surface area contributed by atoms with Crippen LogP contribution in [0.1, 0.15) is 23.4 Å². The fraction of sp³-hybridized carbons (Fsp3) is 0.333. The van der Waals surface area contributed by atoms with E-state index in [0.29, 0.717) is 6.04 Å². The molecule has 1 unspecified atom stereocenters. The van der Waals surface area contributed by atoms with Crippen molar-refractivity contribution < 1.29 is 0 Å². The van der Waals surface area contributed by atoms with Gasteiger partial charge in [-0.15, -0.1) is 11.3 Å². The molecule has 1 N–H and O–H groups in total. The third-order valence-corrected chi connectivity index (χ3v) is 3.32. The lowest BCUT2D eigenvalue weighted by molar-refractivity contribution is 0.557. The summed E-state index contributed by atoms with van der Waals surface area (Å²) < 4.78 is 0. The molecule has 0 aliphatic heterocycles. The van der Waals surface area contributed by atoms with E-state index < -0.39 is 0 Å². The molecule has 0 bridgehead atoms. The van der Waals surface area contributed by atoms with E-state index in [1.165, 1.54) is 10.4 Å². The number of hydrogen-bond acceptors (Lipinski definition) is 4. The van der Waals surface area contributed by atoms with Crippen molar-refractivity contribution in [3.63, 3.8) is 0 Å². The van der Waals surface area contributed by atoms with Crippen molar-refractivity contribution in [3.8, 4) is 0 Å². The standard InChI is InChI=1S/C12H15N3S/c1-2-15-11(12-8-14-9-16-12)7-10-3-5-13-6-4-10/h3-6,8-9,11,15H,2,7H2,1H3. The summed E-state index contributed by atoms with van der Waals surface area (Å²) in [4.78, 5) is 9.45. The zero-order chi connectivity index (χ0) is 11.2. The largest absolute Gasteiger partial charge is 0.309 e. The molecule has 84 valence electrons. The maximum atomic E-state index is 4.13. The van der Waals surface area contributed by atoms with E-state index in [9.17, 15) is 0 Å². The molecule has 0 spiro atoms. The van der Waals surface area contributed by atoms with Gasteiger partial charge in [-0.1, -0.05) is 6.92 Å². The Kier molecular flexibility index (Phi) is 4.02. The minimum atomic E-state index is 0.361. The van der Waals surface area contributed by atoms with E-state index in [1.54, 1.807) is 11.3 Å². The summed E-state index contributed by atoms with van der Waals surface area (Å²) in [5.41, 5.74) is 3.18. The van der Waals surface area contributed by atoms with Crippen LogP contribution in [0.25, 0.3) is 0 Å². The smallest absolute Gasteiger partial charge is 0.0794 e. The van der Waals surface area contributed by atoms with Gasteiger partial charge in [0, 0.05) is 29.5 Å². The molecule has 0 aliphatic carbocycles. The maximum Gasteiger partial charge on any atom is 0.0794 e. The molecule has 0 amide bonds. The summed E-state index contributed by atoms with van der Waals surface area (Å²) >= 11 is 1.70. The predicted molar refractivity (Wildman–Crippen MR) is 66.5 cm³/mol. The number of rotatable bonds is 5. The Bertz CT molecular complexity index is 399. The first-order valence-electron chi connectivity index (χ1n) is 5.41. The Morgan fingerprint density at radius 1 is 1.31 bits per heavy atom. The van der Waals surface area contributed by atoms with Crippen molar-refractivity contribution in [2.24, 2.45) is 0 Å². The van der Waals surface area contributed by atoms with Crippen molar-refractivity contribution in [1.29, 1.82) is 0 Å². The highest BCUT2D eigenvalue weighted by molar-refractivity contribution is 7.09. The van der Waals surface area contributed by atoms with Gasteiger partial charge in [-0.05, 0) is 30.7 Å². The van der Waals surface area contributed by atoms with Gasteiger partial charge in [0.2, 0.25) is 0 Å². The predicted octanol–water partition coefficient (Wildman–Crippen LogP) is 2.43. The fourth-order valence-corrected chi connectivity index (χ4v) is 2.37. The lowest BCUT2D eigenvalue weighted by Gasteiger charge is -2.15. The molecule has 16 heavy (non-hydrogen) atoms. The average Bonchev–Trinajstić information content (AvgIpc) is 2.83. The molecule has 3 nitrogen and oxygen atoms in total. The molecule has 0 aliphatic rings. The lowest BCUT2D eigenvalue weighted by atomic mass is 10.1. The first kappa shape index (κ1) is 11.2. The number of hydrogen-bond donors (Lipinski definition) is 1. The molecule has 2 aromatic heterocycles. The van der Waals surface area contributed by atoms with E-state index in [1.807, 2.05) is 24.1 Å². The zero-order valence-corrected chi connectivity index (χ0v) is 10.1. The van der Waals surface area contributed by atoms with Gasteiger partial charge < -0.3 is 5.32 Å². The summed E-state index contributed by atoms with van der Waals surface area (Å²) in [5, 5.41) is 3.48. The lowest BCUT2D eigenvalue weighted by Crippen LogP contribution is -2.22. The normalized spacial score (nSPS) is 12.6. The minimum Gasteiger partial charge on any atom is -0.309 e. The first-order valence-corrected chi connectivity index (χ1v) is 6.28. The summed E-state index contributed by atoms with van der Waals surface area (Å²) in [5.74, 6) is 0. The number of nitrogens with one attached hydrogen (secondary N) is 1. The second-order valence-electron chi connectivity index (χ2n) is 3.57. The molecule has 2 aromatic rings. The van der Waals surface area contributed by atoms with Crippen molar-refractivity contribution in [2.75, 3.05) is 6.54 Å². The number of aromatic nitrogens is 2. The first-order chi connectivity index (χ1) is 7.90. The number of nitrogens with zero attached hydrogens (tertiary/aromatic N) is 2. The summed E-state index contributed by atoms with van der Waals surface area (Å²) in [6.07, 6.45) is 6.60. The molecule has 1 atom stereocenters. The second kappa shape index (κ2) is 5.72. The van der Waals surface area contributed by atoms with Gasteiger partial charge in [0.05, 0.1) is 5.51 Å². The van der Waals surface area contributed by atoms with Crippen LogP contribution < -0.4 is 5.32 Å². The Morgan fingerprint density at radius 3 is 2.75 bits per heavy atom. The highest BCUT2D eigenvalue weighted by Crippen LogP contribution is 2.21. The monoisotopic (exact) mass is 233 g/mol. The minimum absolute atomic E-state index is 0.361. The van der Waals surface area contributed by atoms with E-state index in [2.05, 4.69) is 34.3 Å². The van der Waals surface area contributed by atoms with Gasteiger partial charge >= 0.3 is 0 Å². The van der Waals surface area contributed by atoms with Crippen LogP contribution in [0.15, 0.2) is 36.2 Å². The second-order valence-corrected chi connectivity index (χ2v) is 4.49.